The van der Waals surface area contributed by atoms with Crippen molar-refractivity contribution in [2.75, 3.05) is 12.4 Å². The second-order valence-electron chi connectivity index (χ2n) is 4.69. The minimum absolute atomic E-state index is 0.00139. The predicted molar refractivity (Wildman–Crippen MR) is 91.1 cm³/mol. The molecule has 0 fully saturated rings. The van der Waals surface area contributed by atoms with Gasteiger partial charge >= 0.3 is 5.97 Å². The number of nitro benzene ring substituents is 1. The van der Waals surface area contributed by atoms with Gasteiger partial charge < -0.3 is 10.1 Å². The SMILES string of the molecule is C=Cc1c(NCc2ccccc2[N+](=O)[O-])cc(Cl)nc1C(=O)OC. The number of anilines is 1. The number of rotatable bonds is 6. The molecule has 0 aliphatic heterocycles. The molecule has 0 spiro atoms. The Bertz CT molecular complexity index is 808. The lowest BCUT2D eigenvalue weighted by atomic mass is 10.1. The fourth-order valence-electron chi connectivity index (χ4n) is 2.16. The highest BCUT2D eigenvalue weighted by molar-refractivity contribution is 6.30. The molecular weight excluding hydrogens is 334 g/mol. The first-order valence-electron chi connectivity index (χ1n) is 6.85. The van der Waals surface area contributed by atoms with E-state index in [9.17, 15) is 14.9 Å². The number of carbonyl (C=O) groups is 1. The lowest BCUT2D eigenvalue weighted by Gasteiger charge is -2.13. The Morgan fingerprint density at radius 3 is 2.83 bits per heavy atom. The fraction of sp³-hybridized carbons (Fsp3) is 0.125. The van der Waals surface area contributed by atoms with E-state index in [1.165, 1.54) is 25.3 Å². The van der Waals surface area contributed by atoms with E-state index in [0.29, 0.717) is 16.8 Å². The summed E-state index contributed by atoms with van der Waals surface area (Å²) in [7, 11) is 1.23. The molecule has 7 nitrogen and oxygen atoms in total. The Hall–Kier alpha value is -2.93. The van der Waals surface area contributed by atoms with E-state index < -0.39 is 10.9 Å². The highest BCUT2D eigenvalue weighted by Crippen LogP contribution is 2.26. The van der Waals surface area contributed by atoms with Crippen LogP contribution in [-0.2, 0) is 11.3 Å². The quantitative estimate of drug-likeness (QED) is 0.370. The summed E-state index contributed by atoms with van der Waals surface area (Å²) in [6, 6.07) is 7.88. The Balaban J connectivity index is 2.37. The van der Waals surface area contributed by atoms with Crippen molar-refractivity contribution < 1.29 is 14.5 Å². The molecule has 1 aromatic carbocycles. The molecule has 0 amide bonds. The topological polar surface area (TPSA) is 94.4 Å². The van der Waals surface area contributed by atoms with E-state index in [1.54, 1.807) is 18.2 Å². The van der Waals surface area contributed by atoms with Crippen LogP contribution in [0.4, 0.5) is 11.4 Å². The van der Waals surface area contributed by atoms with Crippen LogP contribution >= 0.6 is 11.6 Å². The average molecular weight is 348 g/mol. The molecular formula is C16H14ClN3O4. The van der Waals surface area contributed by atoms with Crippen molar-refractivity contribution in [3.63, 3.8) is 0 Å². The molecule has 0 atom stereocenters. The summed E-state index contributed by atoms with van der Waals surface area (Å²) < 4.78 is 4.68. The van der Waals surface area contributed by atoms with Crippen LogP contribution in [0.3, 0.4) is 0 Å². The average Bonchev–Trinajstić information content (AvgIpc) is 2.58. The summed E-state index contributed by atoms with van der Waals surface area (Å²) in [5, 5.41) is 14.2. The van der Waals surface area contributed by atoms with Crippen LogP contribution in [0.1, 0.15) is 21.6 Å². The van der Waals surface area contributed by atoms with E-state index in [1.807, 2.05) is 0 Å². The number of hydrogen-bond acceptors (Lipinski definition) is 6. The number of methoxy groups -OCH3 is 1. The second kappa shape index (κ2) is 7.56. The fourth-order valence-corrected chi connectivity index (χ4v) is 2.35. The summed E-state index contributed by atoms with van der Waals surface area (Å²) in [4.78, 5) is 26.4. The molecule has 0 unspecified atom stereocenters. The van der Waals surface area contributed by atoms with E-state index in [-0.39, 0.29) is 23.1 Å². The maximum Gasteiger partial charge on any atom is 0.357 e. The zero-order chi connectivity index (χ0) is 17.7. The number of benzene rings is 1. The lowest BCUT2D eigenvalue weighted by molar-refractivity contribution is -0.385. The summed E-state index contributed by atoms with van der Waals surface area (Å²) in [5.74, 6) is -0.652. The molecule has 0 saturated heterocycles. The van der Waals surface area contributed by atoms with Crippen molar-refractivity contribution in [1.82, 2.24) is 4.98 Å². The third-order valence-electron chi connectivity index (χ3n) is 3.27. The first kappa shape index (κ1) is 17.4. The second-order valence-corrected chi connectivity index (χ2v) is 5.08. The van der Waals surface area contributed by atoms with Crippen molar-refractivity contribution in [3.8, 4) is 0 Å². The highest BCUT2D eigenvalue weighted by Gasteiger charge is 2.18. The van der Waals surface area contributed by atoms with Gasteiger partial charge in [0, 0.05) is 29.4 Å². The molecule has 1 aromatic heterocycles. The van der Waals surface area contributed by atoms with Gasteiger partial charge in [-0.2, -0.15) is 0 Å². The normalized spacial score (nSPS) is 10.1. The van der Waals surface area contributed by atoms with Crippen LogP contribution in [0.2, 0.25) is 5.15 Å². The Labute approximate surface area is 143 Å². The van der Waals surface area contributed by atoms with E-state index in [0.717, 1.165) is 0 Å². The summed E-state index contributed by atoms with van der Waals surface area (Å²) in [6.45, 7) is 3.83. The third-order valence-corrected chi connectivity index (χ3v) is 3.46. The minimum atomic E-state index is -0.652. The summed E-state index contributed by atoms with van der Waals surface area (Å²) >= 11 is 5.94. The number of aromatic nitrogens is 1. The van der Waals surface area contributed by atoms with Gasteiger partial charge in [0.25, 0.3) is 5.69 Å². The number of nitrogens with one attached hydrogen (secondary N) is 1. The maximum absolute atomic E-state index is 11.8. The first-order valence-corrected chi connectivity index (χ1v) is 7.23. The molecule has 2 aromatic rings. The third kappa shape index (κ3) is 3.69. The highest BCUT2D eigenvalue weighted by atomic mass is 35.5. The maximum atomic E-state index is 11.8. The zero-order valence-corrected chi connectivity index (χ0v) is 13.5. The van der Waals surface area contributed by atoms with Crippen LogP contribution in [-0.4, -0.2) is 23.0 Å². The number of para-hydroxylation sites is 1. The molecule has 0 radical (unpaired) electrons. The van der Waals surface area contributed by atoms with Crippen molar-refractivity contribution in [2.24, 2.45) is 0 Å². The Kier molecular flexibility index (Phi) is 5.49. The summed E-state index contributed by atoms with van der Waals surface area (Å²) in [6.07, 6.45) is 1.44. The van der Waals surface area contributed by atoms with Gasteiger partial charge in [0.2, 0.25) is 0 Å². The largest absolute Gasteiger partial charge is 0.464 e. The van der Waals surface area contributed by atoms with Gasteiger partial charge in [-0.3, -0.25) is 10.1 Å². The van der Waals surface area contributed by atoms with Crippen LogP contribution < -0.4 is 5.32 Å². The number of ether oxygens (including phenoxy) is 1. The van der Waals surface area contributed by atoms with E-state index in [4.69, 9.17) is 11.6 Å². The van der Waals surface area contributed by atoms with Gasteiger partial charge in [-0.1, -0.05) is 42.5 Å². The number of pyridine rings is 1. The van der Waals surface area contributed by atoms with Gasteiger partial charge in [-0.25, -0.2) is 9.78 Å². The van der Waals surface area contributed by atoms with Gasteiger partial charge in [-0.05, 0) is 6.07 Å². The standard InChI is InChI=1S/C16H14ClN3O4/c1-3-11-12(8-14(17)19-15(11)16(21)24-2)18-9-10-6-4-5-7-13(10)20(22)23/h3-8H,1,9H2,2H3,(H,18,19). The molecule has 124 valence electrons. The lowest BCUT2D eigenvalue weighted by Crippen LogP contribution is -2.11. The van der Waals surface area contributed by atoms with Crippen LogP contribution in [0.15, 0.2) is 36.9 Å². The molecule has 2 rings (SSSR count). The molecule has 1 heterocycles. The molecule has 0 aliphatic rings. The number of hydrogen-bond donors (Lipinski definition) is 1. The smallest absolute Gasteiger partial charge is 0.357 e. The predicted octanol–water partition coefficient (Wildman–Crippen LogP) is 3.68. The van der Waals surface area contributed by atoms with Crippen LogP contribution in [0.25, 0.3) is 6.08 Å². The monoisotopic (exact) mass is 347 g/mol. The van der Waals surface area contributed by atoms with Crippen LogP contribution in [0.5, 0.6) is 0 Å². The number of nitro groups is 1. The van der Waals surface area contributed by atoms with Crippen molar-refractivity contribution in [2.45, 2.75) is 6.54 Å². The van der Waals surface area contributed by atoms with Gasteiger partial charge in [0.15, 0.2) is 5.69 Å². The number of halogens is 1. The van der Waals surface area contributed by atoms with E-state index >= 15 is 0 Å². The van der Waals surface area contributed by atoms with Gasteiger partial charge in [0.05, 0.1) is 12.0 Å². The number of nitrogens with zero attached hydrogens (tertiary/aromatic N) is 2. The van der Waals surface area contributed by atoms with Crippen molar-refractivity contribution in [1.29, 1.82) is 0 Å². The van der Waals surface area contributed by atoms with E-state index in [2.05, 4.69) is 21.6 Å². The van der Waals surface area contributed by atoms with Crippen molar-refractivity contribution in [3.05, 3.63) is 69.0 Å². The van der Waals surface area contributed by atoms with Crippen molar-refractivity contribution >= 4 is 35.0 Å². The molecule has 0 saturated carbocycles. The Morgan fingerprint density at radius 1 is 1.50 bits per heavy atom. The first-order chi connectivity index (χ1) is 11.5. The number of carbonyl (C=O) groups excluding carboxylic acids is 1. The number of esters is 1. The minimum Gasteiger partial charge on any atom is -0.464 e. The Morgan fingerprint density at radius 2 is 2.21 bits per heavy atom. The molecule has 1 N–H and O–H groups in total. The van der Waals surface area contributed by atoms with Gasteiger partial charge in [-0.15, -0.1) is 0 Å². The molecule has 0 aliphatic carbocycles. The molecule has 0 bridgehead atoms. The zero-order valence-electron chi connectivity index (χ0n) is 12.8. The van der Waals surface area contributed by atoms with Gasteiger partial charge in [0.1, 0.15) is 5.15 Å². The molecule has 24 heavy (non-hydrogen) atoms. The van der Waals surface area contributed by atoms with Crippen LogP contribution in [0, 0.1) is 10.1 Å². The summed E-state index contributed by atoms with van der Waals surface area (Å²) in [5.41, 5.74) is 1.39. The molecule has 8 heteroatoms.